The molecule has 0 unspecified atom stereocenters. The maximum absolute atomic E-state index is 13.9. The topological polar surface area (TPSA) is 84.6 Å². The van der Waals surface area contributed by atoms with Crippen molar-refractivity contribution in [1.82, 2.24) is 20.1 Å². The van der Waals surface area contributed by atoms with Crippen LogP contribution >= 0.6 is 11.8 Å². The normalized spacial score (nSPS) is 14.9. The zero-order valence-corrected chi connectivity index (χ0v) is 24.8. The van der Waals surface area contributed by atoms with Crippen LogP contribution in [-0.2, 0) is 0 Å². The number of thioether (sulfide) groups is 1. The summed E-state index contributed by atoms with van der Waals surface area (Å²) in [5, 5.41) is 7.70. The first-order valence-corrected chi connectivity index (χ1v) is 14.6. The SMILES string of the molecule is C/C(=C\NC(=O)/N=C1\SCCN1c1ccc(F)cc1C(C)C)c1ccc(-c2ncn(-c3ccc(OC(F)(F)F)cc3)n2)cc1. The summed E-state index contributed by atoms with van der Waals surface area (Å²) in [7, 11) is 0. The van der Waals surface area contributed by atoms with E-state index in [4.69, 9.17) is 0 Å². The number of hydrogen-bond donors (Lipinski definition) is 1. The van der Waals surface area contributed by atoms with Gasteiger partial charge in [-0.3, -0.25) is 0 Å². The van der Waals surface area contributed by atoms with Crippen LogP contribution in [0.3, 0.4) is 0 Å². The molecule has 1 aliphatic rings. The highest BCUT2D eigenvalue weighted by molar-refractivity contribution is 8.14. The van der Waals surface area contributed by atoms with E-state index < -0.39 is 12.4 Å². The van der Waals surface area contributed by atoms with Crippen LogP contribution in [-0.4, -0.2) is 44.6 Å². The number of halogens is 4. The summed E-state index contributed by atoms with van der Waals surface area (Å²) in [6.07, 6.45) is -1.71. The molecule has 2 amide bonds. The molecule has 0 aliphatic carbocycles. The van der Waals surface area contributed by atoms with Gasteiger partial charge < -0.3 is 15.0 Å². The van der Waals surface area contributed by atoms with Gasteiger partial charge in [-0.2, -0.15) is 4.99 Å². The molecule has 1 aliphatic heterocycles. The third-order valence-corrected chi connectivity index (χ3v) is 7.67. The standard InChI is InChI=1S/C31H28F4N6O2S/c1-19(2)26-16-23(32)8-13-27(26)40-14-15-44-30(40)38-29(42)36-17-20(3)21-4-6-22(7-5-21)28-37-18-41(39-28)24-9-11-25(12-10-24)43-31(33,34)35/h4-13,16-19H,14-15H2,1-3H3,(H,36,42)/b20-17+,38-30-. The van der Waals surface area contributed by atoms with Crippen molar-refractivity contribution in [3.63, 3.8) is 0 Å². The number of aliphatic imine (C=N–C) groups is 1. The molecule has 4 aromatic rings. The molecule has 44 heavy (non-hydrogen) atoms. The predicted molar refractivity (Wildman–Crippen MR) is 163 cm³/mol. The number of anilines is 1. The van der Waals surface area contributed by atoms with Crippen LogP contribution in [0.1, 0.15) is 37.8 Å². The Morgan fingerprint density at radius 3 is 2.50 bits per heavy atom. The van der Waals surface area contributed by atoms with Crippen molar-refractivity contribution in [2.24, 2.45) is 4.99 Å². The Morgan fingerprint density at radius 2 is 1.82 bits per heavy atom. The molecule has 13 heteroatoms. The van der Waals surface area contributed by atoms with E-state index in [1.54, 1.807) is 12.3 Å². The highest BCUT2D eigenvalue weighted by Crippen LogP contribution is 2.33. The molecule has 8 nitrogen and oxygen atoms in total. The van der Waals surface area contributed by atoms with Crippen molar-refractivity contribution in [2.45, 2.75) is 33.1 Å². The summed E-state index contributed by atoms with van der Waals surface area (Å²) in [4.78, 5) is 23.2. The Balaban J connectivity index is 1.23. The van der Waals surface area contributed by atoms with E-state index in [0.29, 0.717) is 23.2 Å². The maximum Gasteiger partial charge on any atom is 0.573 e. The number of amides is 2. The highest BCUT2D eigenvalue weighted by atomic mass is 32.2. The number of ether oxygens (including phenoxy) is 1. The Hall–Kier alpha value is -4.65. The van der Waals surface area contributed by atoms with Gasteiger partial charge in [-0.25, -0.2) is 18.9 Å². The molecule has 5 rings (SSSR count). The Labute approximate surface area is 255 Å². The van der Waals surface area contributed by atoms with Gasteiger partial charge in [-0.05, 0) is 72.0 Å². The summed E-state index contributed by atoms with van der Waals surface area (Å²) in [5.41, 5.74) is 4.60. The zero-order chi connectivity index (χ0) is 31.4. The molecule has 1 N–H and O–H groups in total. The van der Waals surface area contributed by atoms with E-state index in [0.717, 1.165) is 33.7 Å². The summed E-state index contributed by atoms with van der Waals surface area (Å²) in [6.45, 7) is 6.51. The van der Waals surface area contributed by atoms with Gasteiger partial charge in [0.1, 0.15) is 17.9 Å². The highest BCUT2D eigenvalue weighted by Gasteiger charge is 2.31. The fourth-order valence-corrected chi connectivity index (χ4v) is 5.48. The van der Waals surface area contributed by atoms with Gasteiger partial charge in [-0.1, -0.05) is 49.9 Å². The lowest BCUT2D eigenvalue weighted by atomic mass is 10.0. The second-order valence-corrected chi connectivity index (χ2v) is 11.2. The van der Waals surface area contributed by atoms with E-state index >= 15 is 0 Å². The average Bonchev–Trinajstić information content (AvgIpc) is 3.66. The molecule has 3 aromatic carbocycles. The number of hydrogen-bond acceptors (Lipinski definition) is 5. The van der Waals surface area contributed by atoms with Crippen molar-refractivity contribution in [2.75, 3.05) is 17.2 Å². The number of carbonyl (C=O) groups is 1. The van der Waals surface area contributed by atoms with Gasteiger partial charge in [0, 0.05) is 29.7 Å². The molecular weight excluding hydrogens is 596 g/mol. The van der Waals surface area contributed by atoms with Crippen molar-refractivity contribution in [3.8, 4) is 22.8 Å². The molecular formula is C31H28F4N6O2S. The van der Waals surface area contributed by atoms with Crippen molar-refractivity contribution in [1.29, 1.82) is 0 Å². The van der Waals surface area contributed by atoms with E-state index in [9.17, 15) is 22.4 Å². The predicted octanol–water partition coefficient (Wildman–Crippen LogP) is 7.78. The monoisotopic (exact) mass is 624 g/mol. The van der Waals surface area contributed by atoms with Crippen molar-refractivity contribution >= 4 is 34.2 Å². The van der Waals surface area contributed by atoms with Crippen LogP contribution in [0.4, 0.5) is 28.0 Å². The molecule has 228 valence electrons. The quantitative estimate of drug-likeness (QED) is 0.212. The minimum absolute atomic E-state index is 0.104. The number of aromatic nitrogens is 3. The second kappa shape index (κ2) is 12.9. The van der Waals surface area contributed by atoms with Crippen LogP contribution in [0, 0.1) is 5.82 Å². The van der Waals surface area contributed by atoms with Gasteiger partial charge in [0.05, 0.1) is 5.69 Å². The first-order chi connectivity index (χ1) is 21.0. The minimum Gasteiger partial charge on any atom is -0.406 e. The van der Waals surface area contributed by atoms with Crippen LogP contribution in [0.25, 0.3) is 22.6 Å². The fraction of sp³-hybridized carbons (Fsp3) is 0.226. The van der Waals surface area contributed by atoms with E-state index in [1.807, 2.05) is 49.9 Å². The molecule has 2 heterocycles. The lowest BCUT2D eigenvalue weighted by molar-refractivity contribution is -0.274. The number of nitrogens with one attached hydrogen (secondary N) is 1. The molecule has 0 saturated carbocycles. The molecule has 0 spiro atoms. The molecule has 1 saturated heterocycles. The van der Waals surface area contributed by atoms with Gasteiger partial charge in [-0.15, -0.1) is 18.3 Å². The van der Waals surface area contributed by atoms with Crippen LogP contribution in [0.15, 0.2) is 84.2 Å². The van der Waals surface area contributed by atoms with Crippen molar-refractivity contribution < 1.29 is 27.1 Å². The van der Waals surface area contributed by atoms with E-state index in [2.05, 4.69) is 25.1 Å². The molecule has 0 atom stereocenters. The van der Waals surface area contributed by atoms with Crippen molar-refractivity contribution in [3.05, 3.63) is 96.2 Å². The Kier molecular flexibility index (Phi) is 9.04. The fourth-order valence-electron chi connectivity index (χ4n) is 4.53. The molecule has 0 bridgehead atoms. The number of alkyl halides is 3. The lowest BCUT2D eigenvalue weighted by Crippen LogP contribution is -2.27. The molecule has 1 aromatic heterocycles. The number of nitrogens with zero attached hydrogens (tertiary/aromatic N) is 5. The number of amidine groups is 1. The number of carbonyl (C=O) groups excluding carboxylic acids is 1. The van der Waals surface area contributed by atoms with Crippen LogP contribution in [0.5, 0.6) is 5.75 Å². The van der Waals surface area contributed by atoms with E-state index in [-0.39, 0.29) is 17.5 Å². The Morgan fingerprint density at radius 1 is 1.09 bits per heavy atom. The van der Waals surface area contributed by atoms with Crippen LogP contribution < -0.4 is 15.0 Å². The average molecular weight is 625 g/mol. The summed E-state index contributed by atoms with van der Waals surface area (Å²) >= 11 is 1.47. The third-order valence-electron chi connectivity index (χ3n) is 6.71. The largest absolute Gasteiger partial charge is 0.573 e. The first-order valence-electron chi connectivity index (χ1n) is 13.6. The zero-order valence-electron chi connectivity index (χ0n) is 24.0. The maximum atomic E-state index is 13.9. The molecule has 0 radical (unpaired) electrons. The first kappa shape index (κ1) is 30.8. The molecule has 1 fully saturated rings. The smallest absolute Gasteiger partial charge is 0.406 e. The number of benzene rings is 3. The van der Waals surface area contributed by atoms with Gasteiger partial charge in [0.2, 0.25) is 0 Å². The van der Waals surface area contributed by atoms with Gasteiger partial charge in [0.15, 0.2) is 11.0 Å². The summed E-state index contributed by atoms with van der Waals surface area (Å²) in [5.74, 6) is 0.671. The minimum atomic E-state index is -4.76. The van der Waals surface area contributed by atoms with Gasteiger partial charge >= 0.3 is 12.4 Å². The number of allylic oxidation sites excluding steroid dienone is 1. The van der Waals surface area contributed by atoms with Gasteiger partial charge in [0.25, 0.3) is 0 Å². The van der Waals surface area contributed by atoms with E-state index in [1.165, 1.54) is 59.2 Å². The summed E-state index contributed by atoms with van der Waals surface area (Å²) < 4.78 is 56.4. The summed E-state index contributed by atoms with van der Waals surface area (Å²) in [6, 6.07) is 16.8. The third kappa shape index (κ3) is 7.46. The number of urea groups is 1. The Bertz CT molecular complexity index is 1700. The number of rotatable bonds is 7. The second-order valence-electron chi connectivity index (χ2n) is 10.2. The van der Waals surface area contributed by atoms with Crippen LogP contribution in [0.2, 0.25) is 0 Å². The lowest BCUT2D eigenvalue weighted by Gasteiger charge is -2.23.